The highest BCUT2D eigenvalue weighted by molar-refractivity contribution is 6.05. The van der Waals surface area contributed by atoms with Gasteiger partial charge in [0.15, 0.2) is 11.6 Å². The van der Waals surface area contributed by atoms with Crippen molar-refractivity contribution < 1.29 is 27.5 Å². The van der Waals surface area contributed by atoms with Gasteiger partial charge in [-0.15, -0.1) is 0 Å². The molecule has 4 atom stereocenters. The number of hydrogen-bond acceptors (Lipinski definition) is 8. The van der Waals surface area contributed by atoms with E-state index in [4.69, 9.17) is 9.72 Å². The molecule has 1 spiro atoms. The van der Waals surface area contributed by atoms with Crippen molar-refractivity contribution in [3.05, 3.63) is 52.7 Å². The van der Waals surface area contributed by atoms with E-state index < -0.39 is 29.4 Å². The molecule has 3 aliphatic heterocycles. The Labute approximate surface area is 253 Å². The Hall–Kier alpha value is -4.18. The van der Waals surface area contributed by atoms with Crippen LogP contribution in [0.15, 0.2) is 24.5 Å². The molecule has 1 aromatic carbocycles. The second kappa shape index (κ2) is 11.4. The minimum Gasteiger partial charge on any atom is -0.462 e. The minimum absolute atomic E-state index is 0.0489. The molecule has 10 nitrogen and oxygen atoms in total. The molecule has 232 valence electrons. The van der Waals surface area contributed by atoms with E-state index >= 15 is 0 Å². The maximum absolute atomic E-state index is 14.4. The molecule has 13 heteroatoms. The van der Waals surface area contributed by atoms with E-state index in [-0.39, 0.29) is 62.9 Å². The minimum atomic E-state index is -1.10. The van der Waals surface area contributed by atoms with Crippen LogP contribution in [0.2, 0.25) is 0 Å². The van der Waals surface area contributed by atoms with Crippen LogP contribution in [0.3, 0.4) is 0 Å². The Bertz CT molecular complexity index is 1580. The summed E-state index contributed by atoms with van der Waals surface area (Å²) in [6, 6.07) is 4.38. The Morgan fingerprint density at radius 2 is 2.07 bits per heavy atom. The third-order valence-corrected chi connectivity index (χ3v) is 9.58. The predicted molar refractivity (Wildman–Crippen MR) is 155 cm³/mol. The van der Waals surface area contributed by atoms with E-state index in [2.05, 4.69) is 22.9 Å². The number of anilines is 2. The molecule has 0 bridgehead atoms. The van der Waals surface area contributed by atoms with Gasteiger partial charge in [-0.3, -0.25) is 14.5 Å². The molecular weight excluding hydrogens is 575 g/mol. The number of aromatic nitrogens is 2. The number of rotatable bonds is 6. The Morgan fingerprint density at radius 3 is 2.77 bits per heavy atom. The molecule has 6 rings (SSSR count). The third kappa shape index (κ3) is 5.04. The number of carbonyl (C=O) groups is 2. The summed E-state index contributed by atoms with van der Waals surface area (Å²) in [5.74, 6) is -2.17. The number of likely N-dealkylation sites (tertiary alicyclic amines) is 1. The first kappa shape index (κ1) is 29.9. The second-order valence-electron chi connectivity index (χ2n) is 12.2. The van der Waals surface area contributed by atoms with Gasteiger partial charge in [-0.2, -0.15) is 15.2 Å². The maximum atomic E-state index is 14.4. The quantitative estimate of drug-likeness (QED) is 0.497. The average molecular weight is 610 g/mol. The van der Waals surface area contributed by atoms with Crippen LogP contribution in [-0.4, -0.2) is 89.7 Å². The zero-order valence-corrected chi connectivity index (χ0v) is 24.7. The number of carbonyl (C=O) groups excluding carboxylic acids is 2. The number of piperazine rings is 1. The van der Waals surface area contributed by atoms with E-state index in [1.165, 1.54) is 11.0 Å². The number of fused-ring (bicyclic) bond motifs is 3. The van der Waals surface area contributed by atoms with E-state index in [1.807, 2.05) is 16.8 Å². The molecule has 2 amide bonds. The largest absolute Gasteiger partial charge is 0.462 e. The SMILES string of the molecule is C=C(F)C(=O)N1CCN(c2nc(OC[C@@H]3CC(F)CN3C)nc3c2NC(=O)C2(CCc4c2ccc(F)c4C)C3)CC1CC#N. The first-order chi connectivity index (χ1) is 21.0. The summed E-state index contributed by atoms with van der Waals surface area (Å²) in [7, 11) is 1.83. The van der Waals surface area contributed by atoms with Crippen LogP contribution in [0.5, 0.6) is 6.01 Å². The molecule has 0 saturated carbocycles. The van der Waals surface area contributed by atoms with Crippen LogP contribution in [0.25, 0.3) is 0 Å². The number of likely N-dealkylation sites (N-methyl/N-ethyl adjacent to an activating group) is 1. The summed E-state index contributed by atoms with van der Waals surface area (Å²) in [6.07, 6.45) is 0.591. The fraction of sp³-hybridized carbons (Fsp3) is 0.516. The van der Waals surface area contributed by atoms with Gasteiger partial charge in [0, 0.05) is 38.6 Å². The number of nitrogens with one attached hydrogen (secondary N) is 1. The van der Waals surface area contributed by atoms with Gasteiger partial charge in [0.05, 0.1) is 29.6 Å². The molecule has 2 saturated heterocycles. The van der Waals surface area contributed by atoms with Crippen molar-refractivity contribution >= 4 is 23.3 Å². The Morgan fingerprint density at radius 1 is 1.27 bits per heavy atom. The zero-order chi connectivity index (χ0) is 31.3. The fourth-order valence-corrected chi connectivity index (χ4v) is 7.14. The molecule has 2 aromatic rings. The summed E-state index contributed by atoms with van der Waals surface area (Å²) in [5.41, 5.74) is 2.12. The molecular formula is C31H34F3N7O3. The van der Waals surface area contributed by atoms with Crippen LogP contribution < -0.4 is 15.0 Å². The van der Waals surface area contributed by atoms with Crippen molar-refractivity contribution in [3.63, 3.8) is 0 Å². The first-order valence-corrected chi connectivity index (χ1v) is 14.8. The topological polar surface area (TPSA) is 115 Å². The maximum Gasteiger partial charge on any atom is 0.318 e. The van der Waals surface area contributed by atoms with Crippen LogP contribution >= 0.6 is 0 Å². The highest BCUT2D eigenvalue weighted by atomic mass is 19.1. The van der Waals surface area contributed by atoms with Crippen LogP contribution in [0.1, 0.15) is 41.6 Å². The standard InChI is InChI=1S/C31H34F3N7O3/c1-17-22-6-8-31(23(22)4-5-24(17)34)13-25-26(37-29(31)43)27(38-30(36-25)44-16-21-12-19(33)14-39(21)3)40-10-11-41(28(42)18(2)32)20(15-40)7-9-35/h4-5,19-21H,2,6-8,10-16H2,1,3H3,(H,37,43)/t19?,20?,21-,31?/m0/s1. The van der Waals surface area contributed by atoms with E-state index in [0.29, 0.717) is 48.6 Å². The molecule has 1 aromatic heterocycles. The smallest absolute Gasteiger partial charge is 0.318 e. The van der Waals surface area contributed by atoms with Crippen molar-refractivity contribution in [1.82, 2.24) is 19.8 Å². The van der Waals surface area contributed by atoms with Gasteiger partial charge in [0.1, 0.15) is 24.3 Å². The predicted octanol–water partition coefficient (Wildman–Crippen LogP) is 3.14. The van der Waals surface area contributed by atoms with Crippen LogP contribution in [-0.2, 0) is 27.8 Å². The molecule has 3 unspecified atom stereocenters. The van der Waals surface area contributed by atoms with Crippen molar-refractivity contribution in [2.45, 2.75) is 62.7 Å². The van der Waals surface area contributed by atoms with Gasteiger partial charge < -0.3 is 19.9 Å². The Balaban J connectivity index is 1.37. The molecule has 4 heterocycles. The number of halogens is 3. The highest BCUT2D eigenvalue weighted by Gasteiger charge is 2.50. The highest BCUT2D eigenvalue weighted by Crippen LogP contribution is 2.48. The van der Waals surface area contributed by atoms with Crippen molar-refractivity contribution in [3.8, 4) is 12.1 Å². The number of benzene rings is 1. The van der Waals surface area contributed by atoms with Crippen LogP contribution in [0, 0.1) is 24.1 Å². The number of hydrogen-bond donors (Lipinski definition) is 1. The Kier molecular flexibility index (Phi) is 7.73. The molecule has 2 fully saturated rings. The summed E-state index contributed by atoms with van der Waals surface area (Å²) in [4.78, 5) is 40.8. The van der Waals surface area contributed by atoms with Crippen LogP contribution in [0.4, 0.5) is 24.7 Å². The monoisotopic (exact) mass is 609 g/mol. The number of nitriles is 1. The molecule has 1 N–H and O–H groups in total. The second-order valence-corrected chi connectivity index (χ2v) is 12.2. The van der Waals surface area contributed by atoms with Gasteiger partial charge in [0.2, 0.25) is 5.91 Å². The average Bonchev–Trinajstić information content (AvgIpc) is 3.52. The summed E-state index contributed by atoms with van der Waals surface area (Å²) in [5, 5.41) is 12.5. The summed E-state index contributed by atoms with van der Waals surface area (Å²) < 4.78 is 48.3. The van der Waals surface area contributed by atoms with Crippen molar-refractivity contribution in [2.24, 2.45) is 0 Å². The van der Waals surface area contributed by atoms with Crippen molar-refractivity contribution in [1.29, 1.82) is 5.26 Å². The molecule has 4 aliphatic rings. The van der Waals surface area contributed by atoms with Gasteiger partial charge in [0.25, 0.3) is 5.91 Å². The molecule has 0 radical (unpaired) electrons. The van der Waals surface area contributed by atoms with E-state index in [0.717, 1.165) is 11.1 Å². The molecule has 44 heavy (non-hydrogen) atoms. The van der Waals surface area contributed by atoms with Crippen molar-refractivity contribution in [2.75, 3.05) is 50.1 Å². The molecule has 1 aliphatic carbocycles. The first-order valence-electron chi connectivity index (χ1n) is 14.8. The summed E-state index contributed by atoms with van der Waals surface area (Å²) >= 11 is 0. The normalized spacial score (nSPS) is 26.3. The zero-order valence-electron chi connectivity index (χ0n) is 24.7. The number of nitrogens with zero attached hydrogens (tertiary/aromatic N) is 6. The van der Waals surface area contributed by atoms with Gasteiger partial charge in [-0.05, 0) is 56.0 Å². The fourth-order valence-electron chi connectivity index (χ4n) is 7.14. The van der Waals surface area contributed by atoms with Gasteiger partial charge >= 0.3 is 6.01 Å². The number of alkyl halides is 1. The van der Waals surface area contributed by atoms with Gasteiger partial charge in [-0.1, -0.05) is 12.6 Å². The number of ether oxygens (including phenoxy) is 1. The lowest BCUT2D eigenvalue weighted by Gasteiger charge is -2.42. The van der Waals surface area contributed by atoms with E-state index in [1.54, 1.807) is 13.0 Å². The lowest BCUT2D eigenvalue weighted by atomic mass is 9.74. The summed E-state index contributed by atoms with van der Waals surface area (Å²) in [6.45, 7) is 5.79. The lowest BCUT2D eigenvalue weighted by molar-refractivity contribution is -0.131. The third-order valence-electron chi connectivity index (χ3n) is 9.58. The van der Waals surface area contributed by atoms with Gasteiger partial charge in [-0.25, -0.2) is 13.2 Å². The lowest BCUT2D eigenvalue weighted by Crippen LogP contribution is -2.56. The van der Waals surface area contributed by atoms with E-state index in [9.17, 15) is 28.0 Å². The number of amides is 2.